The Labute approximate surface area is 100 Å². The molecule has 0 radical (unpaired) electrons. The van der Waals surface area contributed by atoms with Gasteiger partial charge in [0.05, 0.1) is 0 Å². The van der Waals surface area contributed by atoms with Gasteiger partial charge in [0.2, 0.25) is 5.92 Å². The maximum absolute atomic E-state index is 13.1. The summed E-state index contributed by atoms with van der Waals surface area (Å²) < 4.78 is 31.5. The van der Waals surface area contributed by atoms with Crippen LogP contribution in [0.2, 0.25) is 0 Å². The third-order valence-corrected chi connectivity index (χ3v) is 3.35. The zero-order valence-corrected chi connectivity index (χ0v) is 10.5. The first-order valence-corrected chi connectivity index (χ1v) is 6.02. The van der Waals surface area contributed by atoms with Crippen LogP contribution in [-0.4, -0.2) is 35.6 Å². The highest BCUT2D eigenvalue weighted by atomic mass is 19.3. The van der Waals surface area contributed by atoms with E-state index in [9.17, 15) is 13.6 Å². The average Bonchev–Trinajstić information content (AvgIpc) is 2.53. The van der Waals surface area contributed by atoms with Gasteiger partial charge >= 0.3 is 6.09 Å². The van der Waals surface area contributed by atoms with Crippen molar-refractivity contribution >= 4 is 6.09 Å². The molecule has 0 N–H and O–H groups in total. The maximum atomic E-state index is 13.1. The zero-order valence-electron chi connectivity index (χ0n) is 10.5. The van der Waals surface area contributed by atoms with Crippen molar-refractivity contribution in [2.24, 2.45) is 11.8 Å². The highest BCUT2D eigenvalue weighted by molar-refractivity contribution is 5.68. The van der Waals surface area contributed by atoms with E-state index < -0.39 is 11.5 Å². The highest BCUT2D eigenvalue weighted by Crippen LogP contribution is 2.46. The van der Waals surface area contributed by atoms with Crippen LogP contribution in [0.15, 0.2) is 0 Å². The number of rotatable bonds is 0. The van der Waals surface area contributed by atoms with Crippen molar-refractivity contribution in [3.8, 4) is 0 Å². The van der Waals surface area contributed by atoms with Gasteiger partial charge in [-0.15, -0.1) is 0 Å². The number of hydrogen-bond acceptors (Lipinski definition) is 2. The van der Waals surface area contributed by atoms with Crippen LogP contribution in [0, 0.1) is 11.8 Å². The molecule has 0 aromatic carbocycles. The van der Waals surface area contributed by atoms with Crippen LogP contribution in [0.1, 0.15) is 33.6 Å². The van der Waals surface area contributed by atoms with E-state index in [4.69, 9.17) is 4.74 Å². The standard InChI is InChI=1S/C12H19F2NO2/c1-11(2,3)17-10(16)15-6-8-4-12(13,14)5-9(8)7-15/h8-9H,4-7H2,1-3H3/t8-,9+. The molecule has 0 spiro atoms. The molecular weight excluding hydrogens is 228 g/mol. The Morgan fingerprint density at radius 3 is 2.12 bits per heavy atom. The quantitative estimate of drug-likeness (QED) is 0.658. The minimum Gasteiger partial charge on any atom is -0.444 e. The lowest BCUT2D eigenvalue weighted by Crippen LogP contribution is -2.36. The van der Waals surface area contributed by atoms with Crippen LogP contribution in [0.5, 0.6) is 0 Å². The Balaban J connectivity index is 1.91. The van der Waals surface area contributed by atoms with Gasteiger partial charge in [0, 0.05) is 25.9 Å². The molecule has 1 amide bonds. The van der Waals surface area contributed by atoms with E-state index in [2.05, 4.69) is 0 Å². The van der Waals surface area contributed by atoms with Gasteiger partial charge in [0.25, 0.3) is 0 Å². The van der Waals surface area contributed by atoms with Crippen molar-refractivity contribution in [2.45, 2.75) is 45.1 Å². The van der Waals surface area contributed by atoms with Crippen LogP contribution in [0.25, 0.3) is 0 Å². The molecule has 2 atom stereocenters. The van der Waals surface area contributed by atoms with E-state index in [1.165, 1.54) is 0 Å². The zero-order chi connectivity index (χ0) is 12.8. The Morgan fingerprint density at radius 2 is 1.71 bits per heavy atom. The van der Waals surface area contributed by atoms with Crippen LogP contribution in [0.3, 0.4) is 0 Å². The number of carbonyl (C=O) groups is 1. The molecule has 1 saturated heterocycles. The minimum absolute atomic E-state index is 0.0579. The van der Waals surface area contributed by atoms with E-state index in [1.54, 1.807) is 25.7 Å². The van der Waals surface area contributed by atoms with E-state index in [1.807, 2.05) is 0 Å². The van der Waals surface area contributed by atoms with Gasteiger partial charge in [-0.2, -0.15) is 0 Å². The number of nitrogens with zero attached hydrogens (tertiary/aromatic N) is 1. The van der Waals surface area contributed by atoms with Gasteiger partial charge in [-0.25, -0.2) is 13.6 Å². The number of ether oxygens (including phenoxy) is 1. The fourth-order valence-corrected chi connectivity index (χ4v) is 2.73. The number of amides is 1. The molecule has 0 aromatic heterocycles. The maximum Gasteiger partial charge on any atom is 0.410 e. The summed E-state index contributed by atoms with van der Waals surface area (Å²) in [6.07, 6.45) is -0.552. The second-order valence-corrected chi connectivity index (χ2v) is 6.17. The summed E-state index contributed by atoms with van der Waals surface area (Å²) in [5.74, 6) is -2.65. The Morgan fingerprint density at radius 1 is 1.24 bits per heavy atom. The summed E-state index contributed by atoms with van der Waals surface area (Å²) in [4.78, 5) is 13.3. The molecule has 1 aliphatic carbocycles. The highest BCUT2D eigenvalue weighted by Gasteiger charge is 2.51. The molecule has 0 unspecified atom stereocenters. The smallest absolute Gasteiger partial charge is 0.410 e. The van der Waals surface area contributed by atoms with E-state index in [-0.39, 0.29) is 30.8 Å². The number of alkyl halides is 2. The molecule has 0 bridgehead atoms. The molecule has 1 aliphatic heterocycles. The SMILES string of the molecule is CC(C)(C)OC(=O)N1C[C@@H]2CC(F)(F)C[C@@H]2C1. The Bertz CT molecular complexity index is 309. The topological polar surface area (TPSA) is 29.5 Å². The Kier molecular flexibility index (Phi) is 2.83. The lowest BCUT2D eigenvalue weighted by Gasteiger charge is -2.25. The summed E-state index contributed by atoms with van der Waals surface area (Å²) in [6.45, 7) is 6.23. The lowest BCUT2D eigenvalue weighted by atomic mass is 10.0. The third kappa shape index (κ3) is 2.87. The summed E-state index contributed by atoms with van der Waals surface area (Å²) >= 11 is 0. The number of likely N-dealkylation sites (tertiary alicyclic amines) is 1. The van der Waals surface area contributed by atoms with Gasteiger partial charge in [-0.1, -0.05) is 0 Å². The molecule has 5 heteroatoms. The normalized spacial score (nSPS) is 31.5. The molecule has 1 saturated carbocycles. The number of carbonyl (C=O) groups excluding carboxylic acids is 1. The largest absolute Gasteiger partial charge is 0.444 e. The van der Waals surface area contributed by atoms with Crippen molar-refractivity contribution in [3.05, 3.63) is 0 Å². The number of halogens is 2. The van der Waals surface area contributed by atoms with Gasteiger partial charge in [-0.3, -0.25) is 0 Å². The van der Waals surface area contributed by atoms with Gasteiger partial charge in [0.1, 0.15) is 5.60 Å². The second kappa shape index (κ2) is 3.82. The molecule has 2 fully saturated rings. The summed E-state index contributed by atoms with van der Waals surface area (Å²) in [6, 6.07) is 0. The second-order valence-electron chi connectivity index (χ2n) is 6.17. The first kappa shape index (κ1) is 12.6. The van der Waals surface area contributed by atoms with Crippen molar-refractivity contribution < 1.29 is 18.3 Å². The van der Waals surface area contributed by atoms with Crippen LogP contribution < -0.4 is 0 Å². The lowest BCUT2D eigenvalue weighted by molar-refractivity contribution is -0.00696. The van der Waals surface area contributed by atoms with E-state index >= 15 is 0 Å². The van der Waals surface area contributed by atoms with Crippen LogP contribution in [-0.2, 0) is 4.74 Å². The monoisotopic (exact) mass is 247 g/mol. The van der Waals surface area contributed by atoms with Crippen molar-refractivity contribution in [2.75, 3.05) is 13.1 Å². The van der Waals surface area contributed by atoms with Crippen molar-refractivity contribution in [3.63, 3.8) is 0 Å². The first-order valence-electron chi connectivity index (χ1n) is 6.02. The van der Waals surface area contributed by atoms with Crippen molar-refractivity contribution in [1.29, 1.82) is 0 Å². The minimum atomic E-state index is -2.53. The Hall–Kier alpha value is -0.870. The fourth-order valence-electron chi connectivity index (χ4n) is 2.73. The molecule has 0 aromatic rings. The summed E-state index contributed by atoms with van der Waals surface area (Å²) in [5, 5.41) is 0. The molecule has 3 nitrogen and oxygen atoms in total. The summed E-state index contributed by atoms with van der Waals surface area (Å²) in [5.41, 5.74) is -0.529. The molecule has 1 heterocycles. The first-order chi connectivity index (χ1) is 7.66. The fraction of sp³-hybridized carbons (Fsp3) is 0.917. The molecule has 2 rings (SSSR count). The predicted molar refractivity (Wildman–Crippen MR) is 59.0 cm³/mol. The van der Waals surface area contributed by atoms with Gasteiger partial charge < -0.3 is 9.64 Å². The number of hydrogen-bond donors (Lipinski definition) is 0. The summed E-state index contributed by atoms with van der Waals surface area (Å²) in [7, 11) is 0. The van der Waals surface area contributed by atoms with Gasteiger partial charge in [0.15, 0.2) is 0 Å². The van der Waals surface area contributed by atoms with E-state index in [0.29, 0.717) is 13.1 Å². The average molecular weight is 247 g/mol. The van der Waals surface area contributed by atoms with Crippen LogP contribution in [0.4, 0.5) is 13.6 Å². The molecule has 17 heavy (non-hydrogen) atoms. The number of fused-ring (bicyclic) bond motifs is 1. The molecule has 98 valence electrons. The molecule has 2 aliphatic rings. The van der Waals surface area contributed by atoms with Crippen LogP contribution >= 0.6 is 0 Å². The van der Waals surface area contributed by atoms with E-state index in [0.717, 1.165) is 0 Å². The third-order valence-electron chi connectivity index (χ3n) is 3.35. The molecular formula is C12H19F2NO2. The van der Waals surface area contributed by atoms with Gasteiger partial charge in [-0.05, 0) is 32.6 Å². The predicted octanol–water partition coefficient (Wildman–Crippen LogP) is 2.90. The van der Waals surface area contributed by atoms with Crippen molar-refractivity contribution in [1.82, 2.24) is 4.90 Å².